The van der Waals surface area contributed by atoms with Crippen molar-refractivity contribution in [2.45, 2.75) is 58.0 Å². The van der Waals surface area contributed by atoms with Gasteiger partial charge in [0.15, 0.2) is 0 Å². The molecule has 1 aromatic rings. The number of nitrogens with one attached hydrogen (secondary N) is 1. The van der Waals surface area contributed by atoms with Gasteiger partial charge in [-0.15, -0.1) is 0 Å². The van der Waals surface area contributed by atoms with E-state index in [-0.39, 0.29) is 12.6 Å². The lowest BCUT2D eigenvalue weighted by atomic mass is 9.75. The van der Waals surface area contributed by atoms with Crippen LogP contribution in [0.3, 0.4) is 0 Å². The van der Waals surface area contributed by atoms with Crippen LogP contribution in [-0.2, 0) is 6.42 Å². The maximum atomic E-state index is 9.56. The molecule has 1 aliphatic carbocycles. The van der Waals surface area contributed by atoms with Gasteiger partial charge in [0.1, 0.15) is 0 Å². The summed E-state index contributed by atoms with van der Waals surface area (Å²) in [5.41, 5.74) is 1.80. The molecule has 2 nitrogen and oxygen atoms in total. The van der Waals surface area contributed by atoms with Crippen LogP contribution in [0.15, 0.2) is 30.3 Å². The Balaban J connectivity index is 1.83. The molecule has 0 aromatic heterocycles. The van der Waals surface area contributed by atoms with Crippen molar-refractivity contribution in [3.05, 3.63) is 35.9 Å². The normalized spacial score (nSPS) is 21.2. The van der Waals surface area contributed by atoms with Crippen molar-refractivity contribution in [3.8, 4) is 0 Å². The van der Waals surface area contributed by atoms with Gasteiger partial charge in [-0.1, -0.05) is 44.2 Å². The second-order valence-corrected chi connectivity index (χ2v) is 6.67. The van der Waals surface area contributed by atoms with Crippen LogP contribution in [-0.4, -0.2) is 23.8 Å². The standard InChI is InChI=1S/C17H27NO/c1-17(2)10-8-15(9-11-17)18-16(13-19)12-14-6-4-3-5-7-14/h3-7,15-16,18-19H,8-13H2,1-2H3/t16-/m0/s1. The molecule has 0 bridgehead atoms. The van der Waals surface area contributed by atoms with Crippen LogP contribution in [0.5, 0.6) is 0 Å². The molecular weight excluding hydrogens is 234 g/mol. The molecule has 0 amide bonds. The van der Waals surface area contributed by atoms with Gasteiger partial charge in [-0.05, 0) is 43.1 Å². The average Bonchev–Trinajstić information content (AvgIpc) is 2.41. The van der Waals surface area contributed by atoms with Crippen molar-refractivity contribution in [2.75, 3.05) is 6.61 Å². The van der Waals surface area contributed by atoms with Gasteiger partial charge in [-0.25, -0.2) is 0 Å². The highest BCUT2D eigenvalue weighted by atomic mass is 16.3. The summed E-state index contributed by atoms with van der Waals surface area (Å²) in [6.45, 7) is 4.93. The zero-order valence-electron chi connectivity index (χ0n) is 12.2. The van der Waals surface area contributed by atoms with Crippen LogP contribution in [0.1, 0.15) is 45.1 Å². The quantitative estimate of drug-likeness (QED) is 0.853. The summed E-state index contributed by atoms with van der Waals surface area (Å²) >= 11 is 0. The van der Waals surface area contributed by atoms with E-state index in [4.69, 9.17) is 0 Å². The lowest BCUT2D eigenvalue weighted by Gasteiger charge is -2.36. The van der Waals surface area contributed by atoms with Crippen molar-refractivity contribution >= 4 is 0 Å². The molecule has 0 heterocycles. The highest BCUT2D eigenvalue weighted by Gasteiger charge is 2.27. The first-order valence-corrected chi connectivity index (χ1v) is 7.50. The maximum absolute atomic E-state index is 9.56. The molecule has 2 heteroatoms. The molecule has 2 rings (SSSR count). The molecule has 0 radical (unpaired) electrons. The number of aliphatic hydroxyl groups is 1. The molecule has 0 unspecified atom stereocenters. The highest BCUT2D eigenvalue weighted by Crippen LogP contribution is 2.35. The Morgan fingerprint density at radius 2 is 1.84 bits per heavy atom. The molecule has 0 spiro atoms. The number of hydrogen-bond donors (Lipinski definition) is 2. The van der Waals surface area contributed by atoms with Crippen LogP contribution < -0.4 is 5.32 Å². The fourth-order valence-corrected chi connectivity index (χ4v) is 2.97. The number of hydrogen-bond acceptors (Lipinski definition) is 2. The summed E-state index contributed by atoms with van der Waals surface area (Å²) in [5, 5.41) is 13.2. The Hall–Kier alpha value is -0.860. The topological polar surface area (TPSA) is 32.3 Å². The summed E-state index contributed by atoms with van der Waals surface area (Å²) < 4.78 is 0. The van der Waals surface area contributed by atoms with Crippen LogP contribution in [0.4, 0.5) is 0 Å². The first kappa shape index (κ1) is 14.5. The van der Waals surface area contributed by atoms with E-state index in [1.54, 1.807) is 0 Å². The van der Waals surface area contributed by atoms with Crippen molar-refractivity contribution in [1.29, 1.82) is 0 Å². The van der Waals surface area contributed by atoms with E-state index in [0.29, 0.717) is 11.5 Å². The summed E-state index contributed by atoms with van der Waals surface area (Å²) in [4.78, 5) is 0. The molecule has 1 atom stereocenters. The van der Waals surface area contributed by atoms with Gasteiger partial charge in [0.05, 0.1) is 6.61 Å². The minimum Gasteiger partial charge on any atom is -0.395 e. The van der Waals surface area contributed by atoms with Crippen molar-refractivity contribution in [2.24, 2.45) is 5.41 Å². The third-order valence-corrected chi connectivity index (χ3v) is 4.36. The van der Waals surface area contributed by atoms with Crippen LogP contribution in [0.2, 0.25) is 0 Å². The van der Waals surface area contributed by atoms with E-state index in [1.165, 1.54) is 31.2 Å². The van der Waals surface area contributed by atoms with Gasteiger partial charge in [-0.2, -0.15) is 0 Å². The summed E-state index contributed by atoms with van der Waals surface area (Å²) in [5.74, 6) is 0. The Labute approximate surface area is 117 Å². The summed E-state index contributed by atoms with van der Waals surface area (Å²) in [7, 11) is 0. The Bertz CT molecular complexity index is 364. The fourth-order valence-electron chi connectivity index (χ4n) is 2.97. The van der Waals surface area contributed by atoms with Gasteiger partial charge in [0.2, 0.25) is 0 Å². The largest absolute Gasteiger partial charge is 0.395 e. The molecule has 0 aliphatic heterocycles. The first-order valence-electron chi connectivity index (χ1n) is 7.50. The molecule has 1 saturated carbocycles. The van der Waals surface area contributed by atoms with Gasteiger partial charge in [0, 0.05) is 12.1 Å². The number of rotatable bonds is 5. The van der Waals surface area contributed by atoms with Gasteiger partial charge < -0.3 is 10.4 Å². The van der Waals surface area contributed by atoms with E-state index in [1.807, 2.05) is 6.07 Å². The van der Waals surface area contributed by atoms with Crippen molar-refractivity contribution in [1.82, 2.24) is 5.32 Å². The summed E-state index contributed by atoms with van der Waals surface area (Å²) in [6.07, 6.45) is 5.95. The average molecular weight is 261 g/mol. The maximum Gasteiger partial charge on any atom is 0.0587 e. The zero-order valence-corrected chi connectivity index (χ0v) is 12.2. The molecule has 2 N–H and O–H groups in total. The lowest BCUT2D eigenvalue weighted by Crippen LogP contribution is -2.44. The van der Waals surface area contributed by atoms with E-state index in [9.17, 15) is 5.11 Å². The van der Waals surface area contributed by atoms with E-state index < -0.39 is 0 Å². The predicted octanol–water partition coefficient (Wildman–Crippen LogP) is 3.15. The Morgan fingerprint density at radius 3 is 2.42 bits per heavy atom. The molecular formula is C17H27NO. The first-order chi connectivity index (χ1) is 9.09. The smallest absolute Gasteiger partial charge is 0.0587 e. The Morgan fingerprint density at radius 1 is 1.21 bits per heavy atom. The van der Waals surface area contributed by atoms with Crippen molar-refractivity contribution in [3.63, 3.8) is 0 Å². The third kappa shape index (κ3) is 4.63. The fraction of sp³-hybridized carbons (Fsp3) is 0.647. The van der Waals surface area contributed by atoms with E-state index in [2.05, 4.69) is 43.4 Å². The minimum atomic E-state index is 0.189. The van der Waals surface area contributed by atoms with E-state index in [0.717, 1.165) is 6.42 Å². The minimum absolute atomic E-state index is 0.189. The molecule has 106 valence electrons. The third-order valence-electron chi connectivity index (χ3n) is 4.36. The molecule has 19 heavy (non-hydrogen) atoms. The van der Waals surface area contributed by atoms with E-state index >= 15 is 0 Å². The number of benzene rings is 1. The van der Waals surface area contributed by atoms with Gasteiger partial charge in [0.25, 0.3) is 0 Å². The van der Waals surface area contributed by atoms with Crippen molar-refractivity contribution < 1.29 is 5.11 Å². The monoisotopic (exact) mass is 261 g/mol. The van der Waals surface area contributed by atoms with Gasteiger partial charge >= 0.3 is 0 Å². The van der Waals surface area contributed by atoms with Crippen LogP contribution in [0.25, 0.3) is 0 Å². The molecule has 0 saturated heterocycles. The zero-order chi connectivity index (χ0) is 13.7. The second-order valence-electron chi connectivity index (χ2n) is 6.67. The van der Waals surface area contributed by atoms with Gasteiger partial charge in [-0.3, -0.25) is 0 Å². The second kappa shape index (κ2) is 6.53. The SMILES string of the molecule is CC1(C)CCC(N[C@H](CO)Cc2ccccc2)CC1. The summed E-state index contributed by atoms with van der Waals surface area (Å²) in [6, 6.07) is 11.2. The molecule has 1 aromatic carbocycles. The predicted molar refractivity (Wildman–Crippen MR) is 80.2 cm³/mol. The van der Waals surface area contributed by atoms with Crippen LogP contribution in [0, 0.1) is 5.41 Å². The lowest BCUT2D eigenvalue weighted by molar-refractivity contribution is 0.174. The van der Waals surface area contributed by atoms with Crippen LogP contribution >= 0.6 is 0 Å². The number of aliphatic hydroxyl groups excluding tert-OH is 1. The Kier molecular flexibility index (Phi) is 5.00. The molecule has 1 fully saturated rings. The molecule has 1 aliphatic rings. The highest BCUT2D eigenvalue weighted by molar-refractivity contribution is 5.16.